The van der Waals surface area contributed by atoms with Crippen molar-refractivity contribution in [3.8, 4) is 0 Å². The average Bonchev–Trinajstić information content (AvgIpc) is 2.72. The van der Waals surface area contributed by atoms with E-state index < -0.39 is 60.2 Å². The van der Waals surface area contributed by atoms with Crippen LogP contribution in [0.2, 0.25) is 0 Å². The second-order valence-electron chi connectivity index (χ2n) is 6.77. The van der Waals surface area contributed by atoms with Gasteiger partial charge in [-0.25, -0.2) is 4.79 Å². The summed E-state index contributed by atoms with van der Waals surface area (Å²) in [4.78, 5) is 59.2. The van der Waals surface area contributed by atoms with Crippen molar-refractivity contribution in [3.63, 3.8) is 0 Å². The van der Waals surface area contributed by atoms with Gasteiger partial charge in [-0.1, -0.05) is 30.3 Å². The molecule has 7 N–H and O–H groups in total. The third kappa shape index (κ3) is 9.05. The van der Waals surface area contributed by atoms with Gasteiger partial charge in [0.1, 0.15) is 18.1 Å². The fourth-order valence-electron chi connectivity index (χ4n) is 2.47. The third-order valence-electron chi connectivity index (χ3n) is 4.19. The molecule has 0 saturated heterocycles. The van der Waals surface area contributed by atoms with Crippen molar-refractivity contribution in [2.75, 3.05) is 5.75 Å². The number of nitrogens with one attached hydrogen (secondary N) is 3. The van der Waals surface area contributed by atoms with Crippen LogP contribution >= 0.6 is 12.6 Å². The fraction of sp³-hybridized carbons (Fsp3) is 0.421. The molecule has 1 aromatic carbocycles. The molecule has 0 spiro atoms. The largest absolute Gasteiger partial charge is 0.481 e. The number of amides is 3. The van der Waals surface area contributed by atoms with Gasteiger partial charge in [0.2, 0.25) is 17.7 Å². The Hall–Kier alpha value is -3.12. The highest BCUT2D eigenvalue weighted by atomic mass is 32.1. The topological polar surface area (TPSA) is 188 Å². The van der Waals surface area contributed by atoms with Crippen LogP contribution in [0.5, 0.6) is 0 Å². The number of benzene rings is 1. The van der Waals surface area contributed by atoms with E-state index in [0.717, 1.165) is 0 Å². The molecule has 0 aliphatic carbocycles. The maximum atomic E-state index is 12.7. The molecule has 1 aromatic rings. The molecule has 0 heterocycles. The van der Waals surface area contributed by atoms with Gasteiger partial charge in [-0.05, 0) is 12.5 Å². The van der Waals surface area contributed by atoms with Crippen molar-refractivity contribution in [3.05, 3.63) is 35.9 Å². The smallest absolute Gasteiger partial charge is 0.326 e. The lowest BCUT2D eigenvalue weighted by Crippen LogP contribution is -2.57. The van der Waals surface area contributed by atoms with E-state index in [4.69, 9.17) is 15.9 Å². The van der Waals surface area contributed by atoms with Gasteiger partial charge in [0.05, 0.1) is 12.5 Å². The summed E-state index contributed by atoms with van der Waals surface area (Å²) in [7, 11) is 0. The van der Waals surface area contributed by atoms with Crippen molar-refractivity contribution < 1.29 is 34.2 Å². The minimum atomic E-state index is -1.68. The van der Waals surface area contributed by atoms with Crippen LogP contribution in [-0.4, -0.2) is 69.8 Å². The van der Waals surface area contributed by atoms with Crippen LogP contribution in [0.4, 0.5) is 0 Å². The second-order valence-corrected chi connectivity index (χ2v) is 7.13. The first-order valence-electron chi connectivity index (χ1n) is 9.31. The molecule has 0 saturated carbocycles. The van der Waals surface area contributed by atoms with E-state index in [-0.39, 0.29) is 12.2 Å². The number of carbonyl (C=O) groups excluding carboxylic acids is 3. The Morgan fingerprint density at radius 1 is 0.935 bits per heavy atom. The zero-order valence-electron chi connectivity index (χ0n) is 16.8. The van der Waals surface area contributed by atoms with Gasteiger partial charge >= 0.3 is 11.9 Å². The van der Waals surface area contributed by atoms with Crippen molar-refractivity contribution in [1.82, 2.24) is 16.0 Å². The fourth-order valence-corrected chi connectivity index (χ4v) is 2.64. The van der Waals surface area contributed by atoms with Gasteiger partial charge in [-0.3, -0.25) is 19.2 Å². The van der Waals surface area contributed by atoms with Gasteiger partial charge in [-0.2, -0.15) is 12.6 Å². The van der Waals surface area contributed by atoms with Crippen LogP contribution in [0.1, 0.15) is 18.9 Å². The summed E-state index contributed by atoms with van der Waals surface area (Å²) in [6.45, 7) is 1.39. The minimum absolute atomic E-state index is 0.00858. The number of nitrogens with two attached hydrogens (primary N) is 1. The van der Waals surface area contributed by atoms with Crippen LogP contribution in [0.15, 0.2) is 30.3 Å². The Balaban J connectivity index is 2.96. The zero-order chi connectivity index (χ0) is 23.6. The summed E-state index contributed by atoms with van der Waals surface area (Å²) < 4.78 is 0. The van der Waals surface area contributed by atoms with E-state index in [2.05, 4.69) is 28.6 Å². The maximum absolute atomic E-state index is 12.7. The van der Waals surface area contributed by atoms with E-state index in [9.17, 15) is 24.0 Å². The molecule has 0 aromatic heterocycles. The lowest BCUT2D eigenvalue weighted by atomic mass is 10.0. The minimum Gasteiger partial charge on any atom is -0.481 e. The van der Waals surface area contributed by atoms with Gasteiger partial charge in [-0.15, -0.1) is 0 Å². The summed E-state index contributed by atoms with van der Waals surface area (Å²) in [6.07, 6.45) is -0.824. The Morgan fingerprint density at radius 2 is 1.52 bits per heavy atom. The van der Waals surface area contributed by atoms with E-state index in [1.807, 2.05) is 0 Å². The molecular formula is C19H26N4O7S. The highest BCUT2D eigenvalue weighted by Gasteiger charge is 2.30. The molecule has 1 rings (SSSR count). The molecule has 0 aliphatic rings. The molecule has 0 radical (unpaired) electrons. The average molecular weight is 455 g/mol. The van der Waals surface area contributed by atoms with Crippen LogP contribution in [-0.2, 0) is 30.4 Å². The highest BCUT2D eigenvalue weighted by Crippen LogP contribution is 2.05. The number of carbonyl (C=O) groups is 5. The van der Waals surface area contributed by atoms with E-state index in [1.165, 1.54) is 6.92 Å². The summed E-state index contributed by atoms with van der Waals surface area (Å²) in [6, 6.07) is 3.75. The molecule has 0 bridgehead atoms. The monoisotopic (exact) mass is 454 g/mol. The van der Waals surface area contributed by atoms with E-state index in [1.54, 1.807) is 30.3 Å². The molecule has 12 heteroatoms. The number of carboxylic acids is 2. The number of rotatable bonds is 12. The predicted molar refractivity (Wildman–Crippen MR) is 113 cm³/mol. The van der Waals surface area contributed by atoms with Crippen LogP contribution in [0.3, 0.4) is 0 Å². The van der Waals surface area contributed by atoms with E-state index >= 15 is 0 Å². The van der Waals surface area contributed by atoms with E-state index in [0.29, 0.717) is 5.56 Å². The number of aliphatic carboxylic acids is 2. The van der Waals surface area contributed by atoms with Gasteiger partial charge in [0, 0.05) is 12.2 Å². The first kappa shape index (κ1) is 25.9. The standard InChI is InChI=1S/C19H26N4O7S/c1-10(21-17(27)12(20)9-31)16(26)22-13(7-11-5-3-2-4-6-11)18(28)23-14(19(29)30)8-15(24)25/h2-6,10,12-14,31H,7-9,20H2,1H3,(H,21,27)(H,22,26)(H,23,28)(H,24,25)(H,29,30). The Bertz CT molecular complexity index is 806. The summed E-state index contributed by atoms with van der Waals surface area (Å²) in [5.74, 6) is -5.05. The molecular weight excluding hydrogens is 428 g/mol. The molecule has 31 heavy (non-hydrogen) atoms. The second kappa shape index (κ2) is 12.5. The van der Waals surface area contributed by atoms with Gasteiger partial charge in [0.15, 0.2) is 0 Å². The number of carboxylic acid groups (broad SMARTS) is 2. The Kier molecular flexibility index (Phi) is 10.5. The van der Waals surface area contributed by atoms with Gasteiger partial charge < -0.3 is 31.9 Å². The van der Waals surface area contributed by atoms with Crippen molar-refractivity contribution >= 4 is 42.3 Å². The summed E-state index contributed by atoms with van der Waals surface area (Å²) >= 11 is 3.91. The summed E-state index contributed by atoms with van der Waals surface area (Å²) in [5, 5.41) is 25.0. The third-order valence-corrected chi connectivity index (χ3v) is 4.59. The van der Waals surface area contributed by atoms with Crippen LogP contribution in [0, 0.1) is 0 Å². The van der Waals surface area contributed by atoms with Crippen LogP contribution < -0.4 is 21.7 Å². The maximum Gasteiger partial charge on any atom is 0.326 e. The first-order valence-corrected chi connectivity index (χ1v) is 9.94. The first-order chi connectivity index (χ1) is 14.5. The highest BCUT2D eigenvalue weighted by molar-refractivity contribution is 7.80. The van der Waals surface area contributed by atoms with Gasteiger partial charge in [0.25, 0.3) is 0 Å². The molecule has 170 valence electrons. The van der Waals surface area contributed by atoms with Crippen molar-refractivity contribution in [1.29, 1.82) is 0 Å². The molecule has 3 amide bonds. The number of thiol groups is 1. The molecule has 4 unspecified atom stereocenters. The molecule has 0 aliphatic heterocycles. The number of hydrogen-bond acceptors (Lipinski definition) is 7. The van der Waals surface area contributed by atoms with Crippen molar-refractivity contribution in [2.24, 2.45) is 5.73 Å². The quantitative estimate of drug-likeness (QED) is 0.186. The predicted octanol–water partition coefficient (Wildman–Crippen LogP) is -1.48. The lowest BCUT2D eigenvalue weighted by molar-refractivity contribution is -0.147. The van der Waals surface area contributed by atoms with Crippen LogP contribution in [0.25, 0.3) is 0 Å². The lowest BCUT2D eigenvalue weighted by Gasteiger charge is -2.23. The normalized spacial score (nSPS) is 14.4. The van der Waals surface area contributed by atoms with Crippen molar-refractivity contribution in [2.45, 2.75) is 43.9 Å². The Morgan fingerprint density at radius 3 is 2.03 bits per heavy atom. The SMILES string of the molecule is CC(NC(=O)C(N)CS)C(=O)NC(Cc1ccccc1)C(=O)NC(CC(=O)O)C(=O)O. The Labute approximate surface area is 184 Å². The molecule has 4 atom stereocenters. The molecule has 0 fully saturated rings. The molecule has 11 nitrogen and oxygen atoms in total. The summed E-state index contributed by atoms with van der Waals surface area (Å²) in [5.41, 5.74) is 6.22. The number of hydrogen-bond donors (Lipinski definition) is 7. The zero-order valence-corrected chi connectivity index (χ0v) is 17.7.